The molecule has 2 bridgehead atoms. The van der Waals surface area contributed by atoms with Crippen molar-refractivity contribution in [3.63, 3.8) is 0 Å². The minimum Gasteiger partial charge on any atom is -0.440 e. The molecule has 2 aromatic rings. The zero-order chi connectivity index (χ0) is 31.4. The molecule has 0 aliphatic carbocycles. The molecule has 6 rings (SSSR count). The van der Waals surface area contributed by atoms with Crippen LogP contribution in [-0.2, 0) is 28.8 Å². The summed E-state index contributed by atoms with van der Waals surface area (Å²) in [5, 5.41) is 11.1. The van der Waals surface area contributed by atoms with Gasteiger partial charge in [0.25, 0.3) is 0 Å². The van der Waals surface area contributed by atoms with E-state index in [-0.39, 0.29) is 18.3 Å². The van der Waals surface area contributed by atoms with Crippen LogP contribution in [0, 0.1) is 0 Å². The van der Waals surface area contributed by atoms with Gasteiger partial charge < -0.3 is 24.5 Å². The number of hydrogen-bond donors (Lipinski definition) is 1. The van der Waals surface area contributed by atoms with Gasteiger partial charge in [-0.25, -0.2) is 14.4 Å². The molecule has 2 unspecified atom stereocenters. The highest BCUT2D eigenvalue weighted by Crippen LogP contribution is 2.27. The summed E-state index contributed by atoms with van der Waals surface area (Å²) in [7, 11) is 0. The maximum atomic E-state index is 13.8. The third-order valence-electron chi connectivity index (χ3n) is 8.68. The van der Waals surface area contributed by atoms with Crippen LogP contribution in [0.1, 0.15) is 12.8 Å². The number of benzene rings is 2. The van der Waals surface area contributed by atoms with Gasteiger partial charge in [0.2, 0.25) is 0 Å². The molecule has 0 saturated carbocycles. The van der Waals surface area contributed by atoms with Gasteiger partial charge in [0.05, 0.1) is 19.4 Å². The number of aliphatic hydroxyl groups is 1. The summed E-state index contributed by atoms with van der Waals surface area (Å²) in [6.07, 6.45) is -2.78. The number of nitrogens with zero attached hydrogens (tertiary/aromatic N) is 6. The van der Waals surface area contributed by atoms with Crippen LogP contribution in [0.25, 0.3) is 0 Å². The SMILES string of the molecule is O=C1CC2(O)CC(=O)ON(OC2=O)C(=O)N(CCN2CCN(c3ccccc3)CC2)C(CN2CCN(c3ccccc3)CC2)O1. The van der Waals surface area contributed by atoms with E-state index < -0.39 is 48.6 Å². The summed E-state index contributed by atoms with van der Waals surface area (Å²) in [5.41, 5.74) is -0.258. The molecule has 0 aromatic heterocycles. The molecule has 4 aliphatic heterocycles. The summed E-state index contributed by atoms with van der Waals surface area (Å²) < 4.78 is 5.82. The summed E-state index contributed by atoms with van der Waals surface area (Å²) in [4.78, 5) is 72.4. The van der Waals surface area contributed by atoms with Gasteiger partial charge in [-0.2, -0.15) is 0 Å². The van der Waals surface area contributed by atoms with Gasteiger partial charge in [0.1, 0.15) is 0 Å². The van der Waals surface area contributed by atoms with Crippen LogP contribution in [0.15, 0.2) is 60.7 Å². The molecule has 240 valence electrons. The van der Waals surface area contributed by atoms with Crippen molar-refractivity contribution in [1.82, 2.24) is 19.9 Å². The van der Waals surface area contributed by atoms with Crippen LogP contribution in [0.5, 0.6) is 0 Å². The van der Waals surface area contributed by atoms with E-state index in [1.54, 1.807) is 0 Å². The first-order chi connectivity index (χ1) is 21.8. The van der Waals surface area contributed by atoms with Crippen LogP contribution in [0.3, 0.4) is 0 Å². The third kappa shape index (κ3) is 7.13. The van der Waals surface area contributed by atoms with Crippen molar-refractivity contribution in [1.29, 1.82) is 0 Å². The molecular weight excluding hydrogens is 584 g/mol. The molecule has 1 N–H and O–H groups in total. The van der Waals surface area contributed by atoms with Crippen molar-refractivity contribution in [2.75, 3.05) is 81.8 Å². The molecule has 2 amide bonds. The molecular formula is C31H38N6O8. The number of carbonyl (C=O) groups is 4. The number of piperazine rings is 2. The van der Waals surface area contributed by atoms with Crippen LogP contribution >= 0.6 is 0 Å². The Labute approximate surface area is 261 Å². The fourth-order valence-electron chi connectivity index (χ4n) is 6.09. The van der Waals surface area contributed by atoms with Gasteiger partial charge in [-0.3, -0.25) is 24.3 Å². The minimum absolute atomic E-state index is 0.0992. The number of para-hydroxylation sites is 2. The molecule has 45 heavy (non-hydrogen) atoms. The number of hydrogen-bond acceptors (Lipinski definition) is 12. The highest BCUT2D eigenvalue weighted by atomic mass is 17.0. The molecule has 2 atom stereocenters. The molecule has 14 nitrogen and oxygen atoms in total. The Balaban J connectivity index is 1.18. The largest absolute Gasteiger partial charge is 0.440 e. The van der Waals surface area contributed by atoms with E-state index in [1.807, 2.05) is 36.4 Å². The number of cyclic esters (lactones) is 1. The third-order valence-corrected chi connectivity index (χ3v) is 8.68. The highest BCUT2D eigenvalue weighted by Gasteiger charge is 2.51. The first-order valence-corrected chi connectivity index (χ1v) is 15.3. The summed E-state index contributed by atoms with van der Waals surface area (Å²) >= 11 is 0. The van der Waals surface area contributed by atoms with E-state index in [4.69, 9.17) is 14.4 Å². The number of hydroxylamine groups is 2. The van der Waals surface area contributed by atoms with Crippen molar-refractivity contribution in [2.45, 2.75) is 24.7 Å². The Morgan fingerprint density at radius 2 is 1.20 bits per heavy atom. The molecule has 4 saturated heterocycles. The maximum absolute atomic E-state index is 13.8. The average molecular weight is 623 g/mol. The smallest absolute Gasteiger partial charge is 0.394 e. The van der Waals surface area contributed by atoms with Crippen molar-refractivity contribution in [3.8, 4) is 0 Å². The Morgan fingerprint density at radius 1 is 0.667 bits per heavy atom. The van der Waals surface area contributed by atoms with Gasteiger partial charge in [-0.05, 0) is 24.3 Å². The number of ether oxygens (including phenoxy) is 1. The Bertz CT molecular complexity index is 1370. The van der Waals surface area contributed by atoms with Crippen LogP contribution in [0.4, 0.5) is 16.2 Å². The fourth-order valence-corrected chi connectivity index (χ4v) is 6.09. The summed E-state index contributed by atoms with van der Waals surface area (Å²) in [6, 6.07) is 19.2. The van der Waals surface area contributed by atoms with Gasteiger partial charge >= 0.3 is 23.9 Å². The van der Waals surface area contributed by atoms with E-state index in [0.29, 0.717) is 19.6 Å². The lowest BCUT2D eigenvalue weighted by Gasteiger charge is -2.41. The molecule has 4 fully saturated rings. The molecule has 2 aromatic carbocycles. The average Bonchev–Trinajstić information content (AvgIpc) is 3.16. The lowest BCUT2D eigenvalue weighted by atomic mass is 9.96. The predicted octanol–water partition coefficient (Wildman–Crippen LogP) is 0.679. The van der Waals surface area contributed by atoms with Crippen molar-refractivity contribution in [3.05, 3.63) is 60.7 Å². The van der Waals surface area contributed by atoms with Crippen molar-refractivity contribution >= 4 is 35.3 Å². The lowest BCUT2D eigenvalue weighted by molar-refractivity contribution is -0.295. The topological polar surface area (TPSA) is 136 Å². The van der Waals surface area contributed by atoms with Crippen LogP contribution in [-0.4, -0.2) is 133 Å². The zero-order valence-corrected chi connectivity index (χ0v) is 25.0. The molecule has 0 spiro atoms. The van der Waals surface area contributed by atoms with Crippen molar-refractivity contribution < 1.29 is 38.7 Å². The first-order valence-electron chi connectivity index (χ1n) is 15.3. The second-order valence-electron chi connectivity index (χ2n) is 11.7. The normalized spacial score (nSPS) is 25.5. The number of carbonyl (C=O) groups excluding carboxylic acids is 4. The molecule has 14 heteroatoms. The zero-order valence-electron chi connectivity index (χ0n) is 25.0. The number of amides is 2. The number of rotatable bonds is 7. The lowest BCUT2D eigenvalue weighted by Crippen LogP contribution is -2.59. The van der Waals surface area contributed by atoms with Crippen molar-refractivity contribution in [2.24, 2.45) is 0 Å². The van der Waals surface area contributed by atoms with Gasteiger partial charge in [0, 0.05) is 82.0 Å². The predicted molar refractivity (Wildman–Crippen MR) is 160 cm³/mol. The van der Waals surface area contributed by atoms with Crippen LogP contribution < -0.4 is 9.80 Å². The van der Waals surface area contributed by atoms with E-state index >= 15 is 0 Å². The molecule has 4 aliphatic rings. The fraction of sp³-hybridized carbons (Fsp3) is 0.484. The van der Waals surface area contributed by atoms with E-state index in [9.17, 15) is 24.3 Å². The number of fused-ring (bicyclic) bond motifs is 3. The standard InChI is InChI=1S/C31H38N6O8/c38-27-21-31(42)22-28(39)44-37(45-29(31)40)30(41)36(20-15-32-11-16-34(17-12-32)24-7-3-1-4-8-24)26(43-27)23-33-13-18-35(19-14-33)25-9-5-2-6-10-25/h1-10,26,42H,11-23H2. The Morgan fingerprint density at radius 3 is 1.78 bits per heavy atom. The highest BCUT2D eigenvalue weighted by molar-refractivity contribution is 5.92. The van der Waals surface area contributed by atoms with Crippen LogP contribution in [0.2, 0.25) is 0 Å². The summed E-state index contributed by atoms with van der Waals surface area (Å²) in [5.74, 6) is -3.36. The summed E-state index contributed by atoms with van der Waals surface area (Å²) in [6.45, 7) is 6.52. The molecule has 4 heterocycles. The second kappa shape index (κ2) is 13.3. The number of anilines is 2. The van der Waals surface area contributed by atoms with Gasteiger partial charge in [0.15, 0.2) is 11.8 Å². The second-order valence-corrected chi connectivity index (χ2v) is 11.7. The quantitative estimate of drug-likeness (QED) is 0.435. The van der Waals surface area contributed by atoms with E-state index in [1.165, 1.54) is 4.90 Å². The van der Waals surface area contributed by atoms with E-state index in [2.05, 4.69) is 43.9 Å². The van der Waals surface area contributed by atoms with Gasteiger partial charge in [-0.1, -0.05) is 36.4 Å². The maximum Gasteiger partial charge on any atom is 0.394 e. The molecule has 0 radical (unpaired) electrons. The number of esters is 1. The minimum atomic E-state index is -2.52. The number of urea groups is 1. The Hall–Kier alpha value is -4.40. The van der Waals surface area contributed by atoms with E-state index in [0.717, 1.165) is 50.6 Å². The first kappa shape index (κ1) is 30.6. The Kier molecular flexibility index (Phi) is 9.05. The van der Waals surface area contributed by atoms with Gasteiger partial charge in [-0.15, -0.1) is 0 Å². The monoisotopic (exact) mass is 622 g/mol.